The normalized spacial score (nSPS) is 35.2. The van der Waals surface area contributed by atoms with Crippen molar-refractivity contribution in [1.29, 1.82) is 0 Å². The lowest BCUT2D eigenvalue weighted by atomic mass is 9.88. The quantitative estimate of drug-likeness (QED) is 0.886. The molecule has 108 valence electrons. The highest BCUT2D eigenvalue weighted by Gasteiger charge is 2.39. The van der Waals surface area contributed by atoms with Crippen LogP contribution < -0.4 is 5.32 Å². The topological polar surface area (TPSA) is 12.0 Å². The van der Waals surface area contributed by atoms with Gasteiger partial charge in [0.05, 0.1) is 0 Å². The van der Waals surface area contributed by atoms with E-state index in [0.717, 1.165) is 41.4 Å². The molecule has 1 aromatic carbocycles. The van der Waals surface area contributed by atoms with Crippen molar-refractivity contribution in [3.05, 3.63) is 29.6 Å². The molecule has 1 heterocycles. The number of rotatable bonds is 3. The highest BCUT2D eigenvalue weighted by molar-refractivity contribution is 7.99. The maximum absolute atomic E-state index is 13.9. The minimum atomic E-state index is -0.0427. The van der Waals surface area contributed by atoms with E-state index in [1.165, 1.54) is 31.2 Å². The van der Waals surface area contributed by atoms with Crippen molar-refractivity contribution in [2.24, 2.45) is 17.8 Å². The van der Waals surface area contributed by atoms with Crippen LogP contribution in [0.25, 0.3) is 0 Å². The molecule has 1 aromatic rings. The number of benzene rings is 1. The smallest absolute Gasteiger partial charge is 0.137 e. The minimum Gasteiger partial charge on any atom is -0.310 e. The maximum Gasteiger partial charge on any atom is 0.137 e. The van der Waals surface area contributed by atoms with Gasteiger partial charge in [-0.3, -0.25) is 0 Å². The van der Waals surface area contributed by atoms with E-state index in [1.54, 1.807) is 17.8 Å². The van der Waals surface area contributed by atoms with Crippen molar-refractivity contribution in [3.8, 4) is 0 Å². The van der Waals surface area contributed by atoms with Crippen LogP contribution in [0.3, 0.4) is 0 Å². The van der Waals surface area contributed by atoms with E-state index in [0.29, 0.717) is 6.04 Å². The molecule has 20 heavy (non-hydrogen) atoms. The van der Waals surface area contributed by atoms with Gasteiger partial charge in [-0.2, -0.15) is 0 Å². The Morgan fingerprint density at radius 3 is 2.95 bits per heavy atom. The Labute approximate surface area is 124 Å². The Morgan fingerprint density at radius 1 is 1.20 bits per heavy atom. The molecule has 4 unspecified atom stereocenters. The molecule has 3 aliphatic rings. The summed E-state index contributed by atoms with van der Waals surface area (Å²) in [6.07, 6.45) is 6.94. The van der Waals surface area contributed by atoms with Crippen molar-refractivity contribution in [2.45, 2.75) is 43.0 Å². The van der Waals surface area contributed by atoms with Gasteiger partial charge in [-0.05, 0) is 67.4 Å². The molecule has 1 aliphatic heterocycles. The number of thioether (sulfide) groups is 1. The molecule has 2 fully saturated rings. The first-order valence-corrected chi connectivity index (χ1v) is 8.94. The molecule has 0 spiro atoms. The van der Waals surface area contributed by atoms with E-state index in [1.807, 2.05) is 6.07 Å². The highest BCUT2D eigenvalue weighted by Crippen LogP contribution is 2.48. The van der Waals surface area contributed by atoms with Gasteiger partial charge in [0.25, 0.3) is 0 Å². The largest absolute Gasteiger partial charge is 0.310 e. The van der Waals surface area contributed by atoms with Gasteiger partial charge in [0, 0.05) is 10.9 Å². The number of hydrogen-bond acceptors (Lipinski definition) is 2. The molecule has 3 heteroatoms. The standard InChI is InChI=1S/C17H22FNS/c18-15-3-1-2-14-16(6-7-20-17(14)15)19-10-13-9-11-4-5-12(13)8-11/h1-3,11-13,16,19H,4-10H2. The molecule has 1 nitrogen and oxygen atoms in total. The third kappa shape index (κ3) is 2.29. The third-order valence-corrected chi connectivity index (χ3v) is 6.70. The monoisotopic (exact) mass is 291 g/mol. The molecule has 4 atom stereocenters. The lowest BCUT2D eigenvalue weighted by Gasteiger charge is -2.29. The van der Waals surface area contributed by atoms with Crippen molar-refractivity contribution in [2.75, 3.05) is 12.3 Å². The van der Waals surface area contributed by atoms with Crippen molar-refractivity contribution in [1.82, 2.24) is 5.32 Å². The van der Waals surface area contributed by atoms with E-state index < -0.39 is 0 Å². The summed E-state index contributed by atoms with van der Waals surface area (Å²) < 4.78 is 13.9. The highest BCUT2D eigenvalue weighted by atomic mass is 32.2. The van der Waals surface area contributed by atoms with Gasteiger partial charge in [-0.1, -0.05) is 18.6 Å². The minimum absolute atomic E-state index is 0.0427. The molecule has 0 amide bonds. The van der Waals surface area contributed by atoms with E-state index in [9.17, 15) is 4.39 Å². The molecular weight excluding hydrogens is 269 g/mol. The fraction of sp³-hybridized carbons (Fsp3) is 0.647. The first-order chi connectivity index (χ1) is 9.81. The van der Waals surface area contributed by atoms with Gasteiger partial charge in [0.2, 0.25) is 0 Å². The summed E-state index contributed by atoms with van der Waals surface area (Å²) in [4.78, 5) is 0.879. The van der Waals surface area contributed by atoms with Crippen LogP contribution in [0.15, 0.2) is 23.1 Å². The maximum atomic E-state index is 13.9. The molecule has 0 radical (unpaired) electrons. The fourth-order valence-corrected chi connectivity index (χ4v) is 5.66. The van der Waals surface area contributed by atoms with Crippen molar-refractivity contribution >= 4 is 11.8 Å². The Morgan fingerprint density at radius 2 is 2.15 bits per heavy atom. The average molecular weight is 291 g/mol. The van der Waals surface area contributed by atoms with Crippen molar-refractivity contribution in [3.63, 3.8) is 0 Å². The number of hydrogen-bond donors (Lipinski definition) is 1. The van der Waals surface area contributed by atoms with Crippen LogP contribution in [0.2, 0.25) is 0 Å². The third-order valence-electron chi connectivity index (χ3n) is 5.54. The molecule has 2 bridgehead atoms. The lowest BCUT2D eigenvalue weighted by Crippen LogP contribution is -2.31. The SMILES string of the molecule is Fc1cccc2c1SCCC2NCC1CC2CCC1C2. The van der Waals surface area contributed by atoms with Gasteiger partial charge in [0.1, 0.15) is 5.82 Å². The predicted octanol–water partition coefficient (Wildman–Crippen LogP) is 4.39. The van der Waals surface area contributed by atoms with E-state index in [-0.39, 0.29) is 5.82 Å². The Bertz CT molecular complexity index is 504. The molecule has 0 aromatic heterocycles. The molecule has 2 aliphatic carbocycles. The Balaban J connectivity index is 1.44. The fourth-order valence-electron chi connectivity index (χ4n) is 4.52. The van der Waals surface area contributed by atoms with Crippen LogP contribution in [-0.2, 0) is 0 Å². The summed E-state index contributed by atoms with van der Waals surface area (Å²) in [6, 6.07) is 5.90. The molecule has 0 saturated heterocycles. The summed E-state index contributed by atoms with van der Waals surface area (Å²) in [5.74, 6) is 3.85. The summed E-state index contributed by atoms with van der Waals surface area (Å²) >= 11 is 1.67. The van der Waals surface area contributed by atoms with Gasteiger partial charge < -0.3 is 5.32 Å². The van der Waals surface area contributed by atoms with Gasteiger partial charge >= 0.3 is 0 Å². The first-order valence-electron chi connectivity index (χ1n) is 7.96. The van der Waals surface area contributed by atoms with Crippen molar-refractivity contribution < 1.29 is 4.39 Å². The second-order valence-corrected chi connectivity index (χ2v) is 7.80. The number of fused-ring (bicyclic) bond motifs is 3. The number of halogens is 1. The van der Waals surface area contributed by atoms with Crippen LogP contribution in [0.4, 0.5) is 4.39 Å². The molecule has 1 N–H and O–H groups in total. The first kappa shape index (κ1) is 13.1. The van der Waals surface area contributed by atoms with Crippen LogP contribution in [0.5, 0.6) is 0 Å². The van der Waals surface area contributed by atoms with Gasteiger partial charge in [-0.15, -0.1) is 11.8 Å². The molecular formula is C17H22FNS. The molecule has 2 saturated carbocycles. The van der Waals surface area contributed by atoms with E-state index in [2.05, 4.69) is 11.4 Å². The summed E-state index contributed by atoms with van der Waals surface area (Å²) in [7, 11) is 0. The summed E-state index contributed by atoms with van der Waals surface area (Å²) in [6.45, 7) is 1.13. The predicted molar refractivity (Wildman–Crippen MR) is 81.4 cm³/mol. The number of nitrogens with one attached hydrogen (secondary N) is 1. The zero-order chi connectivity index (χ0) is 13.5. The van der Waals surface area contributed by atoms with E-state index in [4.69, 9.17) is 0 Å². The second kappa shape index (κ2) is 5.34. The average Bonchev–Trinajstić information content (AvgIpc) is 3.08. The zero-order valence-corrected chi connectivity index (χ0v) is 12.6. The zero-order valence-electron chi connectivity index (χ0n) is 11.8. The lowest BCUT2D eigenvalue weighted by molar-refractivity contribution is 0.303. The second-order valence-electron chi connectivity index (χ2n) is 6.69. The van der Waals surface area contributed by atoms with Crippen LogP contribution >= 0.6 is 11.8 Å². The van der Waals surface area contributed by atoms with Crippen LogP contribution in [-0.4, -0.2) is 12.3 Å². The van der Waals surface area contributed by atoms with Crippen LogP contribution in [0.1, 0.15) is 43.7 Å². The summed E-state index contributed by atoms with van der Waals surface area (Å²) in [5.41, 5.74) is 1.18. The van der Waals surface area contributed by atoms with Crippen LogP contribution in [0, 0.1) is 23.6 Å². The van der Waals surface area contributed by atoms with E-state index >= 15 is 0 Å². The Kier molecular flexibility index (Phi) is 3.51. The molecule has 4 rings (SSSR count). The Hall–Kier alpha value is -0.540. The van der Waals surface area contributed by atoms with Gasteiger partial charge in [0.15, 0.2) is 0 Å². The van der Waals surface area contributed by atoms with Gasteiger partial charge in [-0.25, -0.2) is 4.39 Å². The summed E-state index contributed by atoms with van der Waals surface area (Å²) in [5, 5.41) is 3.75.